The molecule has 0 aliphatic rings. The fourth-order valence-electron chi connectivity index (χ4n) is 1.28. The van der Waals surface area contributed by atoms with Crippen molar-refractivity contribution in [1.82, 2.24) is 0 Å². The molecule has 1 rings (SSSR count). The van der Waals surface area contributed by atoms with Gasteiger partial charge in [-0.3, -0.25) is 0 Å². The van der Waals surface area contributed by atoms with Gasteiger partial charge in [-0.25, -0.2) is 9.18 Å². The molecule has 0 saturated heterocycles. The van der Waals surface area contributed by atoms with Gasteiger partial charge in [0.05, 0.1) is 18.2 Å². The molecule has 0 heterocycles. The Labute approximate surface area is 106 Å². The third kappa shape index (κ3) is 3.17. The molecule has 1 atom stereocenters. The molecule has 6 heteroatoms. The average Bonchev–Trinajstić information content (AvgIpc) is 2.31. The normalized spacial score (nSPS) is 12.1. The van der Waals surface area contributed by atoms with Crippen molar-refractivity contribution in [3.8, 4) is 5.75 Å². The highest BCUT2D eigenvalue weighted by molar-refractivity contribution is 9.10. The Morgan fingerprint density at radius 2 is 2.24 bits per heavy atom. The first-order valence-corrected chi connectivity index (χ1v) is 5.68. The van der Waals surface area contributed by atoms with Crippen molar-refractivity contribution in [2.45, 2.75) is 13.0 Å². The Morgan fingerprint density at radius 3 is 2.76 bits per heavy atom. The van der Waals surface area contributed by atoms with Gasteiger partial charge in [0.25, 0.3) is 0 Å². The van der Waals surface area contributed by atoms with E-state index in [0.29, 0.717) is 0 Å². The highest BCUT2D eigenvalue weighted by Crippen LogP contribution is 2.31. The zero-order chi connectivity index (χ0) is 13.0. The van der Waals surface area contributed by atoms with Crippen molar-refractivity contribution < 1.29 is 23.8 Å². The number of ether oxygens (including phenoxy) is 2. The zero-order valence-electron chi connectivity index (χ0n) is 9.37. The summed E-state index contributed by atoms with van der Waals surface area (Å²) < 4.78 is 22.9. The second-order valence-electron chi connectivity index (χ2n) is 3.16. The van der Waals surface area contributed by atoms with Crippen LogP contribution in [0.4, 0.5) is 4.39 Å². The van der Waals surface area contributed by atoms with E-state index in [2.05, 4.69) is 20.7 Å². The second-order valence-corrected chi connectivity index (χ2v) is 4.02. The SMILES string of the molecule is CCOC(=O)C(O)c1cc(Br)c(F)cc1OC. The molecular weight excluding hydrogens is 295 g/mol. The lowest BCUT2D eigenvalue weighted by Crippen LogP contribution is -2.16. The van der Waals surface area contributed by atoms with E-state index in [0.717, 1.165) is 6.07 Å². The summed E-state index contributed by atoms with van der Waals surface area (Å²) in [5, 5.41) is 9.75. The predicted octanol–water partition coefficient (Wildman–Crippen LogP) is 2.19. The van der Waals surface area contributed by atoms with E-state index in [4.69, 9.17) is 4.74 Å². The molecule has 0 saturated carbocycles. The van der Waals surface area contributed by atoms with Crippen molar-refractivity contribution in [3.63, 3.8) is 0 Å². The minimum Gasteiger partial charge on any atom is -0.496 e. The lowest BCUT2D eigenvalue weighted by atomic mass is 10.1. The summed E-state index contributed by atoms with van der Waals surface area (Å²) in [4.78, 5) is 11.4. The largest absolute Gasteiger partial charge is 0.496 e. The molecule has 0 aromatic heterocycles. The first kappa shape index (κ1) is 13.9. The number of aliphatic hydroxyl groups excluding tert-OH is 1. The fraction of sp³-hybridized carbons (Fsp3) is 0.364. The van der Waals surface area contributed by atoms with Crippen LogP contribution in [-0.4, -0.2) is 24.8 Å². The molecule has 0 aliphatic carbocycles. The maximum absolute atomic E-state index is 13.2. The van der Waals surface area contributed by atoms with E-state index in [1.54, 1.807) is 6.92 Å². The average molecular weight is 307 g/mol. The van der Waals surface area contributed by atoms with Crippen LogP contribution in [-0.2, 0) is 9.53 Å². The molecule has 1 aromatic carbocycles. The molecule has 1 aromatic rings. The predicted molar refractivity (Wildman–Crippen MR) is 62.2 cm³/mol. The van der Waals surface area contributed by atoms with Crippen LogP contribution < -0.4 is 4.74 Å². The summed E-state index contributed by atoms with van der Waals surface area (Å²) in [6, 6.07) is 2.37. The van der Waals surface area contributed by atoms with Crippen LogP contribution in [0.2, 0.25) is 0 Å². The number of benzene rings is 1. The van der Waals surface area contributed by atoms with Crippen molar-refractivity contribution in [1.29, 1.82) is 0 Å². The van der Waals surface area contributed by atoms with Crippen LogP contribution in [0.1, 0.15) is 18.6 Å². The number of esters is 1. The van der Waals surface area contributed by atoms with Gasteiger partial charge in [-0.1, -0.05) is 0 Å². The second kappa shape index (κ2) is 5.97. The van der Waals surface area contributed by atoms with E-state index >= 15 is 0 Å². The summed E-state index contributed by atoms with van der Waals surface area (Å²) >= 11 is 2.97. The van der Waals surface area contributed by atoms with Crippen molar-refractivity contribution in [2.75, 3.05) is 13.7 Å². The number of aliphatic hydroxyl groups is 1. The number of halogens is 2. The number of hydrogen-bond donors (Lipinski definition) is 1. The molecule has 1 unspecified atom stereocenters. The highest BCUT2D eigenvalue weighted by Gasteiger charge is 2.23. The molecule has 1 N–H and O–H groups in total. The maximum atomic E-state index is 13.2. The van der Waals surface area contributed by atoms with Crippen LogP contribution in [0, 0.1) is 5.82 Å². The van der Waals surface area contributed by atoms with Crippen LogP contribution in [0.15, 0.2) is 16.6 Å². The van der Waals surface area contributed by atoms with E-state index in [9.17, 15) is 14.3 Å². The van der Waals surface area contributed by atoms with Crippen LogP contribution in [0.25, 0.3) is 0 Å². The van der Waals surface area contributed by atoms with Gasteiger partial charge in [0.2, 0.25) is 0 Å². The number of rotatable bonds is 4. The molecule has 0 fully saturated rings. The lowest BCUT2D eigenvalue weighted by molar-refractivity contribution is -0.153. The van der Waals surface area contributed by atoms with Gasteiger partial charge >= 0.3 is 5.97 Å². The van der Waals surface area contributed by atoms with Crippen LogP contribution in [0.5, 0.6) is 5.75 Å². The monoisotopic (exact) mass is 306 g/mol. The highest BCUT2D eigenvalue weighted by atomic mass is 79.9. The van der Waals surface area contributed by atoms with Crippen LogP contribution in [0.3, 0.4) is 0 Å². The van der Waals surface area contributed by atoms with Gasteiger partial charge in [0.1, 0.15) is 11.6 Å². The maximum Gasteiger partial charge on any atom is 0.339 e. The summed E-state index contributed by atoms with van der Waals surface area (Å²) in [7, 11) is 1.32. The number of methoxy groups -OCH3 is 1. The molecule has 4 nitrogen and oxygen atoms in total. The van der Waals surface area contributed by atoms with E-state index in [-0.39, 0.29) is 22.4 Å². The van der Waals surface area contributed by atoms with Gasteiger partial charge < -0.3 is 14.6 Å². The minimum atomic E-state index is -1.50. The lowest BCUT2D eigenvalue weighted by Gasteiger charge is -2.14. The standard InChI is InChI=1S/C11H12BrFO4/c1-3-17-11(15)10(14)6-4-7(12)8(13)5-9(6)16-2/h4-5,10,14H,3H2,1-2H3. The Bertz CT molecular complexity index is 422. The first-order chi connectivity index (χ1) is 8.01. The summed E-state index contributed by atoms with van der Waals surface area (Å²) in [5.41, 5.74) is 0.152. The first-order valence-electron chi connectivity index (χ1n) is 4.88. The third-order valence-electron chi connectivity index (χ3n) is 2.08. The molecular formula is C11H12BrFO4. The number of carbonyl (C=O) groups is 1. The van der Waals surface area contributed by atoms with Gasteiger partial charge in [-0.15, -0.1) is 0 Å². The molecule has 17 heavy (non-hydrogen) atoms. The van der Waals surface area contributed by atoms with Crippen molar-refractivity contribution >= 4 is 21.9 Å². The van der Waals surface area contributed by atoms with Crippen LogP contribution >= 0.6 is 15.9 Å². The van der Waals surface area contributed by atoms with E-state index in [1.165, 1.54) is 13.2 Å². The van der Waals surface area contributed by atoms with Gasteiger partial charge in [0, 0.05) is 11.6 Å². The Hall–Kier alpha value is -1.14. The molecule has 0 amide bonds. The number of hydrogen-bond acceptors (Lipinski definition) is 4. The quantitative estimate of drug-likeness (QED) is 0.866. The third-order valence-corrected chi connectivity index (χ3v) is 2.68. The summed E-state index contributed by atoms with van der Waals surface area (Å²) in [5.74, 6) is -1.25. The van der Waals surface area contributed by atoms with E-state index < -0.39 is 17.9 Å². The number of carbonyl (C=O) groups excluding carboxylic acids is 1. The zero-order valence-corrected chi connectivity index (χ0v) is 11.0. The van der Waals surface area contributed by atoms with Crippen molar-refractivity contribution in [3.05, 3.63) is 28.0 Å². The molecule has 0 bridgehead atoms. The van der Waals surface area contributed by atoms with Gasteiger partial charge in [-0.2, -0.15) is 0 Å². The molecule has 0 radical (unpaired) electrons. The molecule has 0 aliphatic heterocycles. The summed E-state index contributed by atoms with van der Waals surface area (Å²) in [6.45, 7) is 1.78. The molecule has 0 spiro atoms. The molecule has 94 valence electrons. The van der Waals surface area contributed by atoms with Gasteiger partial charge in [-0.05, 0) is 28.9 Å². The van der Waals surface area contributed by atoms with E-state index in [1.807, 2.05) is 0 Å². The Kier molecular flexibility index (Phi) is 4.89. The fourth-order valence-corrected chi connectivity index (χ4v) is 1.64. The van der Waals surface area contributed by atoms with Gasteiger partial charge in [0.15, 0.2) is 6.10 Å². The smallest absolute Gasteiger partial charge is 0.339 e. The summed E-state index contributed by atoms with van der Waals surface area (Å²) in [6.07, 6.45) is -1.50. The topological polar surface area (TPSA) is 55.8 Å². The van der Waals surface area contributed by atoms with Crippen molar-refractivity contribution in [2.24, 2.45) is 0 Å². The Balaban J connectivity index is 3.11. The Morgan fingerprint density at radius 1 is 1.59 bits per heavy atom. The minimum absolute atomic E-state index is 0.0891.